The second-order valence-electron chi connectivity index (χ2n) is 6.01. The smallest absolute Gasteiger partial charge is 0.361 e. The van der Waals surface area contributed by atoms with Crippen molar-refractivity contribution in [2.45, 2.75) is 26.1 Å². The van der Waals surface area contributed by atoms with E-state index >= 15 is 0 Å². The number of benzene rings is 1. The van der Waals surface area contributed by atoms with E-state index in [9.17, 15) is 18.0 Å². The first-order valence-electron chi connectivity index (χ1n) is 7.87. The topological polar surface area (TPSA) is 63.7 Å². The van der Waals surface area contributed by atoms with E-state index in [1.807, 2.05) is 5.32 Å². The number of alkyl halides is 3. The summed E-state index contributed by atoms with van der Waals surface area (Å²) in [7, 11) is 0. The van der Waals surface area contributed by atoms with Gasteiger partial charge in [-0.15, -0.1) is 0 Å². The van der Waals surface area contributed by atoms with Crippen LogP contribution in [0.2, 0.25) is 0 Å². The minimum Gasteiger partial charge on any atom is -0.361 e. The zero-order valence-electron chi connectivity index (χ0n) is 14.4. The van der Waals surface area contributed by atoms with Crippen LogP contribution in [0.15, 0.2) is 36.7 Å². The second-order valence-corrected chi connectivity index (χ2v) is 6.01. The lowest BCUT2D eigenvalue weighted by Gasteiger charge is -2.21. The highest BCUT2D eigenvalue weighted by atomic mass is 19.4. The summed E-state index contributed by atoms with van der Waals surface area (Å²) >= 11 is 0. The fourth-order valence-corrected chi connectivity index (χ4v) is 2.63. The molecule has 2 heterocycles. The molecule has 1 amide bonds. The molecule has 138 valence electrons. The molecule has 0 spiro atoms. The Balaban J connectivity index is 1.99. The standard InChI is InChI=1S/C18H14F3N5O/c1-10-4-6-12(7-5-10)15(18(19,20)21)25-17(27)14-16-24-13(22-3)8-11(2)26(16)9-23-14/h4-9,15H,1-2H3,(H,25,27). The van der Waals surface area contributed by atoms with Crippen molar-refractivity contribution in [3.05, 3.63) is 70.6 Å². The Morgan fingerprint density at radius 3 is 2.52 bits per heavy atom. The average Bonchev–Trinajstić information content (AvgIpc) is 3.04. The van der Waals surface area contributed by atoms with Gasteiger partial charge < -0.3 is 10.2 Å². The number of amides is 1. The number of hydrogen-bond donors (Lipinski definition) is 1. The van der Waals surface area contributed by atoms with E-state index in [1.165, 1.54) is 28.9 Å². The summed E-state index contributed by atoms with van der Waals surface area (Å²) in [5, 5.41) is 1.99. The summed E-state index contributed by atoms with van der Waals surface area (Å²) in [6, 6.07) is 5.02. The molecule has 3 aromatic rings. The minimum atomic E-state index is -4.69. The maximum Gasteiger partial charge on any atom is 0.412 e. The van der Waals surface area contributed by atoms with E-state index in [2.05, 4.69) is 14.8 Å². The Bertz CT molecular complexity index is 1050. The fraction of sp³-hybridized carbons (Fsp3) is 0.222. The van der Waals surface area contributed by atoms with Crippen LogP contribution in [0.1, 0.15) is 33.4 Å². The van der Waals surface area contributed by atoms with Crippen molar-refractivity contribution < 1.29 is 18.0 Å². The number of carbonyl (C=O) groups excluding carboxylic acids is 1. The lowest BCUT2D eigenvalue weighted by molar-refractivity contribution is -0.155. The van der Waals surface area contributed by atoms with Gasteiger partial charge in [0.2, 0.25) is 0 Å². The average molecular weight is 373 g/mol. The predicted molar refractivity (Wildman–Crippen MR) is 91.4 cm³/mol. The van der Waals surface area contributed by atoms with Crippen LogP contribution >= 0.6 is 0 Å². The van der Waals surface area contributed by atoms with Crippen molar-refractivity contribution in [3.63, 3.8) is 0 Å². The molecule has 0 radical (unpaired) electrons. The molecular formula is C18H14F3N5O. The van der Waals surface area contributed by atoms with Crippen molar-refractivity contribution in [2.24, 2.45) is 0 Å². The van der Waals surface area contributed by atoms with Crippen LogP contribution in [0.25, 0.3) is 10.5 Å². The molecule has 0 aliphatic heterocycles. The lowest BCUT2D eigenvalue weighted by atomic mass is 10.0. The zero-order valence-corrected chi connectivity index (χ0v) is 14.4. The SMILES string of the molecule is [C-]#[N+]c1cc(C)n2cnc(C(=O)NC(c3ccc(C)cc3)C(F)(F)F)c2n1. The van der Waals surface area contributed by atoms with E-state index in [1.54, 1.807) is 26.0 Å². The number of fused-ring (bicyclic) bond motifs is 1. The monoisotopic (exact) mass is 373 g/mol. The highest BCUT2D eigenvalue weighted by Crippen LogP contribution is 2.33. The van der Waals surface area contributed by atoms with Gasteiger partial charge in [0.1, 0.15) is 6.33 Å². The molecule has 1 unspecified atom stereocenters. The van der Waals surface area contributed by atoms with Crippen molar-refractivity contribution in [1.82, 2.24) is 19.7 Å². The predicted octanol–water partition coefficient (Wildman–Crippen LogP) is 3.93. The van der Waals surface area contributed by atoms with Crippen LogP contribution in [0.4, 0.5) is 19.0 Å². The number of aryl methyl sites for hydroxylation is 2. The van der Waals surface area contributed by atoms with Gasteiger partial charge in [0.25, 0.3) is 17.4 Å². The van der Waals surface area contributed by atoms with Gasteiger partial charge in [0, 0.05) is 5.69 Å². The van der Waals surface area contributed by atoms with E-state index in [0.29, 0.717) is 5.69 Å². The van der Waals surface area contributed by atoms with Gasteiger partial charge in [-0.3, -0.25) is 9.20 Å². The molecule has 1 N–H and O–H groups in total. The summed E-state index contributed by atoms with van der Waals surface area (Å²) in [5.41, 5.74) is 1.06. The lowest BCUT2D eigenvalue weighted by Crippen LogP contribution is -2.38. The molecule has 1 atom stereocenters. The highest BCUT2D eigenvalue weighted by molar-refractivity contribution is 5.98. The Labute approximate surface area is 152 Å². The van der Waals surface area contributed by atoms with Crippen LogP contribution in [-0.4, -0.2) is 26.5 Å². The number of nitrogens with zero attached hydrogens (tertiary/aromatic N) is 4. The fourth-order valence-electron chi connectivity index (χ4n) is 2.63. The van der Waals surface area contributed by atoms with Crippen LogP contribution < -0.4 is 5.32 Å². The van der Waals surface area contributed by atoms with Gasteiger partial charge in [0.05, 0.1) is 0 Å². The normalized spacial score (nSPS) is 12.6. The molecule has 0 aliphatic rings. The van der Waals surface area contributed by atoms with Crippen LogP contribution in [0.5, 0.6) is 0 Å². The van der Waals surface area contributed by atoms with Crippen molar-refractivity contribution >= 4 is 17.4 Å². The number of halogens is 3. The largest absolute Gasteiger partial charge is 0.412 e. The molecule has 0 bridgehead atoms. The number of aromatic nitrogens is 3. The van der Waals surface area contributed by atoms with Gasteiger partial charge in [0.15, 0.2) is 11.7 Å². The molecule has 9 heteroatoms. The molecule has 0 fully saturated rings. The van der Waals surface area contributed by atoms with E-state index < -0.39 is 18.1 Å². The first kappa shape index (κ1) is 18.4. The molecule has 6 nitrogen and oxygen atoms in total. The van der Waals surface area contributed by atoms with Gasteiger partial charge in [-0.25, -0.2) is 4.98 Å². The first-order valence-corrected chi connectivity index (χ1v) is 7.87. The van der Waals surface area contributed by atoms with Gasteiger partial charge in [-0.1, -0.05) is 41.4 Å². The molecular weight excluding hydrogens is 359 g/mol. The van der Waals surface area contributed by atoms with Gasteiger partial charge >= 0.3 is 6.18 Å². The number of imidazole rings is 1. The maximum atomic E-state index is 13.5. The Kier molecular flexibility index (Phi) is 4.57. The quantitative estimate of drug-likeness (QED) is 0.708. The molecule has 27 heavy (non-hydrogen) atoms. The van der Waals surface area contributed by atoms with Crippen LogP contribution in [0, 0.1) is 20.4 Å². The van der Waals surface area contributed by atoms with Crippen LogP contribution in [0.3, 0.4) is 0 Å². The van der Waals surface area contributed by atoms with E-state index in [0.717, 1.165) is 5.56 Å². The maximum absolute atomic E-state index is 13.5. The summed E-state index contributed by atoms with van der Waals surface area (Å²) in [6.07, 6.45) is -3.40. The third-order valence-electron chi connectivity index (χ3n) is 4.02. The second kappa shape index (κ2) is 6.72. The van der Waals surface area contributed by atoms with E-state index in [4.69, 9.17) is 6.57 Å². The zero-order chi connectivity index (χ0) is 19.8. The molecule has 0 saturated heterocycles. The highest BCUT2D eigenvalue weighted by Gasteiger charge is 2.42. The third kappa shape index (κ3) is 3.60. The Morgan fingerprint density at radius 1 is 1.26 bits per heavy atom. The molecule has 0 saturated carbocycles. The van der Waals surface area contributed by atoms with Crippen molar-refractivity contribution in [1.29, 1.82) is 0 Å². The van der Waals surface area contributed by atoms with Gasteiger partial charge in [-0.2, -0.15) is 13.2 Å². The summed E-state index contributed by atoms with van der Waals surface area (Å²) in [5.74, 6) is -0.991. The summed E-state index contributed by atoms with van der Waals surface area (Å²) in [6.45, 7) is 10.5. The Hall–Kier alpha value is -3.41. The summed E-state index contributed by atoms with van der Waals surface area (Å²) in [4.78, 5) is 23.6. The van der Waals surface area contributed by atoms with Gasteiger partial charge in [-0.05, 0) is 25.5 Å². The van der Waals surface area contributed by atoms with Crippen LogP contribution in [-0.2, 0) is 0 Å². The van der Waals surface area contributed by atoms with Crippen molar-refractivity contribution in [2.75, 3.05) is 0 Å². The summed E-state index contributed by atoms with van der Waals surface area (Å²) < 4.78 is 42.0. The minimum absolute atomic E-state index is 0.0282. The molecule has 0 aliphatic carbocycles. The number of hydrogen-bond acceptors (Lipinski definition) is 3. The Morgan fingerprint density at radius 2 is 1.93 bits per heavy atom. The third-order valence-corrected chi connectivity index (χ3v) is 4.02. The number of rotatable bonds is 3. The number of carbonyl (C=O) groups is 1. The van der Waals surface area contributed by atoms with Crippen molar-refractivity contribution in [3.8, 4) is 0 Å². The first-order chi connectivity index (χ1) is 12.7. The van der Waals surface area contributed by atoms with E-state index in [-0.39, 0.29) is 22.7 Å². The molecule has 2 aromatic heterocycles. The number of nitrogens with one attached hydrogen (secondary N) is 1. The molecule has 3 rings (SSSR count). The molecule has 1 aromatic carbocycles.